The van der Waals surface area contributed by atoms with Gasteiger partial charge in [-0.15, -0.1) is 5.10 Å². The lowest BCUT2D eigenvalue weighted by atomic mass is 10.1. The molecule has 4 nitrogen and oxygen atoms in total. The van der Waals surface area contributed by atoms with E-state index < -0.39 is 0 Å². The van der Waals surface area contributed by atoms with Gasteiger partial charge in [0.05, 0.1) is 12.3 Å². The summed E-state index contributed by atoms with van der Waals surface area (Å²) in [6.45, 7) is 1.82. The molecule has 0 aliphatic rings. The van der Waals surface area contributed by atoms with Crippen molar-refractivity contribution in [3.63, 3.8) is 0 Å². The Bertz CT molecular complexity index is 768. The Morgan fingerprint density at radius 1 is 1.14 bits per heavy atom. The van der Waals surface area contributed by atoms with Crippen LogP contribution in [0.4, 0.5) is 0 Å². The van der Waals surface area contributed by atoms with E-state index in [0.29, 0.717) is 10.7 Å². The van der Waals surface area contributed by atoms with Gasteiger partial charge in [-0.05, 0) is 24.6 Å². The van der Waals surface area contributed by atoms with E-state index in [0.717, 1.165) is 22.5 Å². The number of aromatic nitrogens is 3. The second-order valence-corrected chi connectivity index (χ2v) is 5.19. The zero-order chi connectivity index (χ0) is 14.8. The maximum absolute atomic E-state index is 9.52. The number of halogens is 1. The minimum atomic E-state index is -0.163. The third-order valence-electron chi connectivity index (χ3n) is 3.34. The van der Waals surface area contributed by atoms with Crippen molar-refractivity contribution in [3.8, 4) is 16.9 Å². The van der Waals surface area contributed by atoms with Crippen molar-refractivity contribution >= 4 is 11.6 Å². The highest BCUT2D eigenvalue weighted by Gasteiger charge is 2.16. The third-order valence-corrected chi connectivity index (χ3v) is 3.57. The summed E-state index contributed by atoms with van der Waals surface area (Å²) in [5.74, 6) is 0. The van der Waals surface area contributed by atoms with Gasteiger partial charge in [-0.3, -0.25) is 0 Å². The molecule has 0 fully saturated rings. The van der Waals surface area contributed by atoms with Gasteiger partial charge in [0.25, 0.3) is 0 Å². The number of aliphatic hydroxyl groups excluding tert-OH is 1. The number of benzene rings is 2. The fourth-order valence-electron chi connectivity index (χ4n) is 2.28. The van der Waals surface area contributed by atoms with Crippen LogP contribution in [-0.4, -0.2) is 20.1 Å². The summed E-state index contributed by atoms with van der Waals surface area (Å²) in [7, 11) is 0. The van der Waals surface area contributed by atoms with Gasteiger partial charge in [-0.2, -0.15) is 0 Å². The van der Waals surface area contributed by atoms with Gasteiger partial charge in [0.2, 0.25) is 0 Å². The molecule has 0 saturated heterocycles. The molecule has 0 amide bonds. The molecular formula is C16H14ClN3O. The van der Waals surface area contributed by atoms with Gasteiger partial charge in [-0.1, -0.05) is 53.2 Å². The summed E-state index contributed by atoms with van der Waals surface area (Å²) in [4.78, 5) is 0. The van der Waals surface area contributed by atoms with Crippen LogP contribution in [0.25, 0.3) is 16.9 Å². The number of aliphatic hydroxyl groups is 1. The molecule has 0 saturated carbocycles. The lowest BCUT2D eigenvalue weighted by molar-refractivity contribution is 0.277. The Morgan fingerprint density at radius 2 is 1.90 bits per heavy atom. The molecular weight excluding hydrogens is 286 g/mol. The highest BCUT2D eigenvalue weighted by atomic mass is 35.5. The van der Waals surface area contributed by atoms with Crippen molar-refractivity contribution in [1.82, 2.24) is 15.0 Å². The molecule has 3 rings (SSSR count). The Kier molecular flexibility index (Phi) is 3.73. The zero-order valence-corrected chi connectivity index (χ0v) is 12.2. The van der Waals surface area contributed by atoms with Crippen LogP contribution in [0.2, 0.25) is 5.02 Å². The smallest absolute Gasteiger partial charge is 0.117 e. The fraction of sp³-hybridized carbons (Fsp3) is 0.125. The van der Waals surface area contributed by atoms with E-state index in [1.165, 1.54) is 0 Å². The van der Waals surface area contributed by atoms with E-state index in [9.17, 15) is 5.11 Å². The molecule has 1 heterocycles. The monoisotopic (exact) mass is 299 g/mol. The summed E-state index contributed by atoms with van der Waals surface area (Å²) in [5.41, 5.74) is 4.16. The third kappa shape index (κ3) is 2.55. The van der Waals surface area contributed by atoms with Gasteiger partial charge >= 0.3 is 0 Å². The molecule has 1 N–H and O–H groups in total. The molecule has 0 spiro atoms. The molecule has 0 radical (unpaired) electrons. The lowest BCUT2D eigenvalue weighted by Gasteiger charge is -2.10. The quantitative estimate of drug-likeness (QED) is 0.806. The second kappa shape index (κ2) is 5.68. The Balaban J connectivity index is 2.25. The maximum Gasteiger partial charge on any atom is 0.117 e. The SMILES string of the molecule is Cc1ccc(Cl)cc1-n1nnc(CO)c1-c1ccccc1. The molecule has 0 atom stereocenters. The zero-order valence-electron chi connectivity index (χ0n) is 11.5. The molecule has 2 aromatic carbocycles. The van der Waals surface area contributed by atoms with Crippen LogP contribution in [0.5, 0.6) is 0 Å². The number of nitrogens with zero attached hydrogens (tertiary/aromatic N) is 3. The first-order valence-corrected chi connectivity index (χ1v) is 6.96. The average molecular weight is 300 g/mol. The summed E-state index contributed by atoms with van der Waals surface area (Å²) >= 11 is 6.09. The molecule has 1 aromatic heterocycles. The molecule has 0 aliphatic carbocycles. The normalized spacial score (nSPS) is 10.8. The molecule has 0 bridgehead atoms. The van der Waals surface area contributed by atoms with Gasteiger partial charge in [0, 0.05) is 10.6 Å². The standard InChI is InChI=1S/C16H14ClN3O/c1-11-7-8-13(17)9-15(11)20-16(14(10-21)18-19-20)12-5-3-2-4-6-12/h2-9,21H,10H2,1H3. The van der Waals surface area contributed by atoms with E-state index in [4.69, 9.17) is 11.6 Å². The van der Waals surface area contributed by atoms with Crippen molar-refractivity contribution < 1.29 is 5.11 Å². The van der Waals surface area contributed by atoms with Crippen LogP contribution >= 0.6 is 11.6 Å². The molecule has 106 valence electrons. The van der Waals surface area contributed by atoms with Gasteiger partial charge < -0.3 is 5.11 Å². The Labute approximate surface area is 127 Å². The van der Waals surface area contributed by atoms with Crippen LogP contribution in [0.15, 0.2) is 48.5 Å². The molecule has 3 aromatic rings. The topological polar surface area (TPSA) is 50.9 Å². The van der Waals surface area contributed by atoms with E-state index in [1.807, 2.05) is 55.5 Å². The van der Waals surface area contributed by atoms with Crippen LogP contribution in [-0.2, 0) is 6.61 Å². The number of aryl methyl sites for hydroxylation is 1. The Hall–Kier alpha value is -2.17. The van der Waals surface area contributed by atoms with Crippen molar-refractivity contribution in [2.24, 2.45) is 0 Å². The van der Waals surface area contributed by atoms with Crippen molar-refractivity contribution in [1.29, 1.82) is 0 Å². The van der Waals surface area contributed by atoms with E-state index in [1.54, 1.807) is 4.68 Å². The number of hydrogen-bond donors (Lipinski definition) is 1. The summed E-state index contributed by atoms with van der Waals surface area (Å²) in [6.07, 6.45) is 0. The van der Waals surface area contributed by atoms with Crippen LogP contribution in [0, 0.1) is 6.92 Å². The summed E-state index contributed by atoms with van der Waals surface area (Å²) in [5, 5.41) is 18.4. The largest absolute Gasteiger partial charge is 0.390 e. The molecule has 0 unspecified atom stereocenters. The molecule has 5 heteroatoms. The van der Waals surface area contributed by atoms with Crippen molar-refractivity contribution in [3.05, 3.63) is 64.8 Å². The fourth-order valence-corrected chi connectivity index (χ4v) is 2.45. The minimum Gasteiger partial charge on any atom is -0.390 e. The Morgan fingerprint density at radius 3 is 2.62 bits per heavy atom. The first kappa shape index (κ1) is 13.8. The van der Waals surface area contributed by atoms with Crippen LogP contribution in [0.3, 0.4) is 0 Å². The highest BCUT2D eigenvalue weighted by Crippen LogP contribution is 2.27. The summed E-state index contributed by atoms with van der Waals surface area (Å²) in [6, 6.07) is 15.4. The minimum absolute atomic E-state index is 0.163. The van der Waals surface area contributed by atoms with Crippen molar-refractivity contribution in [2.75, 3.05) is 0 Å². The van der Waals surface area contributed by atoms with E-state index in [-0.39, 0.29) is 6.61 Å². The maximum atomic E-state index is 9.52. The first-order valence-electron chi connectivity index (χ1n) is 6.58. The average Bonchev–Trinajstić information content (AvgIpc) is 2.94. The molecule has 21 heavy (non-hydrogen) atoms. The first-order chi connectivity index (χ1) is 10.2. The summed E-state index contributed by atoms with van der Waals surface area (Å²) < 4.78 is 1.72. The predicted octanol–water partition coefficient (Wildman–Crippen LogP) is 3.39. The number of rotatable bonds is 3. The van der Waals surface area contributed by atoms with Gasteiger partial charge in [0.15, 0.2) is 0 Å². The van der Waals surface area contributed by atoms with Gasteiger partial charge in [0.1, 0.15) is 11.4 Å². The van der Waals surface area contributed by atoms with Crippen LogP contribution in [0.1, 0.15) is 11.3 Å². The highest BCUT2D eigenvalue weighted by molar-refractivity contribution is 6.30. The number of hydrogen-bond acceptors (Lipinski definition) is 3. The van der Waals surface area contributed by atoms with E-state index >= 15 is 0 Å². The van der Waals surface area contributed by atoms with E-state index in [2.05, 4.69) is 10.3 Å². The second-order valence-electron chi connectivity index (χ2n) is 4.75. The van der Waals surface area contributed by atoms with Crippen LogP contribution < -0.4 is 0 Å². The van der Waals surface area contributed by atoms with Gasteiger partial charge in [-0.25, -0.2) is 4.68 Å². The van der Waals surface area contributed by atoms with Crippen molar-refractivity contribution in [2.45, 2.75) is 13.5 Å². The molecule has 0 aliphatic heterocycles. The lowest BCUT2D eigenvalue weighted by Crippen LogP contribution is -2.02. The predicted molar refractivity (Wildman–Crippen MR) is 82.5 cm³/mol.